The van der Waals surface area contributed by atoms with Gasteiger partial charge in [0.15, 0.2) is 0 Å². The van der Waals surface area contributed by atoms with Crippen LogP contribution in [0.5, 0.6) is 0 Å². The highest BCUT2D eigenvalue weighted by atomic mass is 16.3. The number of rotatable bonds is 8. The van der Waals surface area contributed by atoms with Crippen molar-refractivity contribution in [2.45, 2.75) is 52.0 Å². The predicted molar refractivity (Wildman–Crippen MR) is 101 cm³/mol. The Bertz CT molecular complexity index is 524. The number of carbonyl (C=O) groups excluding carboxylic acids is 1. The highest BCUT2D eigenvalue weighted by molar-refractivity contribution is 5.74. The third-order valence-corrected chi connectivity index (χ3v) is 4.81. The number of carbonyl (C=O) groups is 1. The molecule has 1 aromatic heterocycles. The normalized spacial score (nSPS) is 16.5. The van der Waals surface area contributed by atoms with Gasteiger partial charge >= 0.3 is 6.03 Å². The molecule has 1 aliphatic rings. The second kappa shape index (κ2) is 10.2. The van der Waals surface area contributed by atoms with Gasteiger partial charge in [0, 0.05) is 38.0 Å². The maximum absolute atomic E-state index is 12.1. The molecule has 2 amide bonds. The third-order valence-electron chi connectivity index (χ3n) is 4.81. The number of nitrogens with one attached hydrogen (secondary N) is 2. The van der Waals surface area contributed by atoms with Gasteiger partial charge in [-0.3, -0.25) is 0 Å². The van der Waals surface area contributed by atoms with E-state index in [1.165, 1.54) is 0 Å². The molecule has 0 radical (unpaired) electrons. The molecule has 140 valence electrons. The van der Waals surface area contributed by atoms with Gasteiger partial charge < -0.3 is 20.6 Å². The van der Waals surface area contributed by atoms with E-state index >= 15 is 0 Å². The predicted octanol–water partition coefficient (Wildman–Crippen LogP) is 2.46. The Hall–Kier alpha value is -1.82. The number of aliphatic hydroxyl groups is 1. The lowest BCUT2D eigenvalue weighted by molar-refractivity contribution is 0.224. The van der Waals surface area contributed by atoms with E-state index in [4.69, 9.17) is 5.11 Å². The van der Waals surface area contributed by atoms with Crippen LogP contribution in [-0.2, 0) is 0 Å². The average molecular weight is 348 g/mol. The van der Waals surface area contributed by atoms with Crippen LogP contribution in [0.2, 0.25) is 0 Å². The molecule has 6 nitrogen and oxygen atoms in total. The van der Waals surface area contributed by atoms with Crippen LogP contribution in [0.4, 0.5) is 10.6 Å². The molecule has 2 heterocycles. The minimum absolute atomic E-state index is 0.0915. The molecule has 0 aliphatic carbocycles. The molecular formula is C19H32N4O2. The summed E-state index contributed by atoms with van der Waals surface area (Å²) in [5, 5.41) is 15.1. The summed E-state index contributed by atoms with van der Waals surface area (Å²) in [4.78, 5) is 19.0. The number of pyridine rings is 1. The van der Waals surface area contributed by atoms with Crippen LogP contribution in [0, 0.1) is 12.8 Å². The van der Waals surface area contributed by atoms with E-state index < -0.39 is 0 Å². The first-order chi connectivity index (χ1) is 12.1. The van der Waals surface area contributed by atoms with Gasteiger partial charge in [0.25, 0.3) is 0 Å². The van der Waals surface area contributed by atoms with Gasteiger partial charge in [-0.1, -0.05) is 19.4 Å². The summed E-state index contributed by atoms with van der Waals surface area (Å²) in [5.41, 5.74) is 1.03. The van der Waals surface area contributed by atoms with E-state index in [1.54, 1.807) is 0 Å². The van der Waals surface area contributed by atoms with Crippen molar-refractivity contribution in [2.75, 3.05) is 31.1 Å². The van der Waals surface area contributed by atoms with Gasteiger partial charge in [-0.25, -0.2) is 9.78 Å². The second-order valence-electron chi connectivity index (χ2n) is 6.92. The number of aliphatic hydroxyl groups excluding tert-OH is 1. The number of nitrogens with zero attached hydrogens (tertiary/aromatic N) is 2. The van der Waals surface area contributed by atoms with Crippen LogP contribution < -0.4 is 15.5 Å². The van der Waals surface area contributed by atoms with Crippen LogP contribution in [0.25, 0.3) is 0 Å². The Labute approximate surface area is 151 Å². The molecule has 0 spiro atoms. The molecule has 1 atom stereocenters. The fourth-order valence-electron chi connectivity index (χ4n) is 3.37. The van der Waals surface area contributed by atoms with Crippen LogP contribution >= 0.6 is 0 Å². The molecule has 3 N–H and O–H groups in total. The lowest BCUT2D eigenvalue weighted by Crippen LogP contribution is -2.48. The molecule has 6 heteroatoms. The summed E-state index contributed by atoms with van der Waals surface area (Å²) in [5.74, 6) is 1.38. The fraction of sp³-hybridized carbons (Fsp3) is 0.684. The molecule has 25 heavy (non-hydrogen) atoms. The van der Waals surface area contributed by atoms with Crippen LogP contribution in [-0.4, -0.2) is 48.4 Å². The summed E-state index contributed by atoms with van der Waals surface area (Å²) in [6.07, 6.45) is 4.70. The number of hydrogen-bond donors (Lipinski definition) is 3. The lowest BCUT2D eigenvalue weighted by atomic mass is 10.0. The smallest absolute Gasteiger partial charge is 0.315 e. The number of piperidine rings is 1. The maximum atomic E-state index is 12.1. The van der Waals surface area contributed by atoms with Crippen molar-refractivity contribution >= 4 is 11.8 Å². The van der Waals surface area contributed by atoms with Gasteiger partial charge in [-0.15, -0.1) is 0 Å². The van der Waals surface area contributed by atoms with E-state index in [0.717, 1.165) is 56.7 Å². The molecule has 1 saturated heterocycles. The number of urea groups is 1. The molecule has 1 aliphatic heterocycles. The number of aromatic nitrogens is 1. The summed E-state index contributed by atoms with van der Waals surface area (Å²) >= 11 is 0. The summed E-state index contributed by atoms with van der Waals surface area (Å²) < 4.78 is 0. The SMILES string of the molecule is CCCC(CCO)CNC(=O)NC1CCN(c2cccc(C)n2)CC1. The van der Waals surface area contributed by atoms with Crippen molar-refractivity contribution in [2.24, 2.45) is 5.92 Å². The van der Waals surface area contributed by atoms with Crippen molar-refractivity contribution in [3.63, 3.8) is 0 Å². The highest BCUT2D eigenvalue weighted by Gasteiger charge is 2.21. The number of aryl methyl sites for hydroxylation is 1. The average Bonchev–Trinajstić information content (AvgIpc) is 2.61. The molecule has 0 bridgehead atoms. The monoisotopic (exact) mass is 348 g/mol. The maximum Gasteiger partial charge on any atom is 0.315 e. The third kappa shape index (κ3) is 6.53. The van der Waals surface area contributed by atoms with Crippen LogP contribution in [0.15, 0.2) is 18.2 Å². The van der Waals surface area contributed by atoms with Gasteiger partial charge in [-0.2, -0.15) is 0 Å². The van der Waals surface area contributed by atoms with E-state index in [1.807, 2.05) is 25.1 Å². The largest absolute Gasteiger partial charge is 0.396 e. The lowest BCUT2D eigenvalue weighted by Gasteiger charge is -2.33. The molecule has 2 rings (SSSR count). The van der Waals surface area contributed by atoms with Crippen molar-refractivity contribution < 1.29 is 9.90 Å². The molecule has 0 saturated carbocycles. The Morgan fingerprint density at radius 2 is 2.12 bits per heavy atom. The van der Waals surface area contributed by atoms with Gasteiger partial charge in [-0.05, 0) is 50.7 Å². The van der Waals surface area contributed by atoms with Crippen LogP contribution in [0.3, 0.4) is 0 Å². The zero-order valence-corrected chi connectivity index (χ0v) is 15.5. The molecule has 1 fully saturated rings. The molecule has 1 aromatic rings. The van der Waals surface area contributed by atoms with E-state index in [9.17, 15) is 4.79 Å². The second-order valence-corrected chi connectivity index (χ2v) is 6.92. The summed E-state index contributed by atoms with van der Waals surface area (Å²) in [6.45, 7) is 6.76. The zero-order valence-electron chi connectivity index (χ0n) is 15.5. The van der Waals surface area contributed by atoms with Crippen molar-refractivity contribution in [1.29, 1.82) is 0 Å². The van der Waals surface area contributed by atoms with Gasteiger partial charge in [0.1, 0.15) is 5.82 Å². The van der Waals surface area contributed by atoms with E-state index in [0.29, 0.717) is 12.5 Å². The Morgan fingerprint density at radius 3 is 2.76 bits per heavy atom. The minimum atomic E-state index is -0.0915. The first-order valence-corrected chi connectivity index (χ1v) is 9.46. The number of anilines is 1. The summed E-state index contributed by atoms with van der Waals surface area (Å²) in [6, 6.07) is 6.21. The molecule has 0 aromatic carbocycles. The van der Waals surface area contributed by atoms with Crippen molar-refractivity contribution in [1.82, 2.24) is 15.6 Å². The van der Waals surface area contributed by atoms with E-state index in [2.05, 4.69) is 27.4 Å². The number of amides is 2. The Morgan fingerprint density at radius 1 is 1.36 bits per heavy atom. The molecule has 1 unspecified atom stereocenters. The quantitative estimate of drug-likeness (QED) is 0.674. The minimum Gasteiger partial charge on any atom is -0.396 e. The topological polar surface area (TPSA) is 77.5 Å². The number of hydrogen-bond acceptors (Lipinski definition) is 4. The standard InChI is InChI=1S/C19H32N4O2/c1-3-5-16(10-13-24)14-20-19(25)22-17-8-11-23(12-9-17)18-7-4-6-15(2)21-18/h4,6-7,16-17,24H,3,5,8-14H2,1-2H3,(H2,20,22,25). The van der Waals surface area contributed by atoms with Gasteiger partial charge in [0.05, 0.1) is 0 Å². The Kier molecular flexibility index (Phi) is 7.98. The first-order valence-electron chi connectivity index (χ1n) is 9.46. The highest BCUT2D eigenvalue weighted by Crippen LogP contribution is 2.18. The van der Waals surface area contributed by atoms with Crippen LogP contribution in [0.1, 0.15) is 44.7 Å². The van der Waals surface area contributed by atoms with E-state index in [-0.39, 0.29) is 18.7 Å². The fourth-order valence-corrected chi connectivity index (χ4v) is 3.37. The first kappa shape index (κ1) is 19.5. The summed E-state index contributed by atoms with van der Waals surface area (Å²) in [7, 11) is 0. The molecular weight excluding hydrogens is 316 g/mol. The van der Waals surface area contributed by atoms with Crippen molar-refractivity contribution in [3.8, 4) is 0 Å². The zero-order chi connectivity index (χ0) is 18.1. The van der Waals surface area contributed by atoms with Gasteiger partial charge in [0.2, 0.25) is 0 Å². The Balaban J connectivity index is 1.71. The van der Waals surface area contributed by atoms with Crippen molar-refractivity contribution in [3.05, 3.63) is 23.9 Å².